The van der Waals surface area contributed by atoms with Crippen LogP contribution in [0.25, 0.3) is 0 Å². The van der Waals surface area contributed by atoms with Gasteiger partial charge >= 0.3 is 6.03 Å². The van der Waals surface area contributed by atoms with Gasteiger partial charge in [-0.25, -0.2) is 9.00 Å². The number of aryl methyl sites for hydroxylation is 1. The highest BCUT2D eigenvalue weighted by Crippen LogP contribution is 2.47. The summed E-state index contributed by atoms with van der Waals surface area (Å²) < 4.78 is 33.8. The van der Waals surface area contributed by atoms with Gasteiger partial charge in [0.05, 0.1) is 29.8 Å². The van der Waals surface area contributed by atoms with E-state index >= 15 is 0 Å². The molecular weight excluding hydrogens is 676 g/mol. The number of amides is 3. The molecule has 3 aliphatic carbocycles. The van der Waals surface area contributed by atoms with Crippen molar-refractivity contribution in [2.75, 3.05) is 37.5 Å². The number of fused-ring (bicyclic) bond motifs is 4. The van der Waals surface area contributed by atoms with E-state index in [0.717, 1.165) is 49.4 Å². The van der Waals surface area contributed by atoms with Gasteiger partial charge in [-0.1, -0.05) is 36.7 Å². The average molecular weight is 725 g/mol. The highest BCUT2D eigenvalue weighted by atomic mass is 35.5. The third-order valence-corrected chi connectivity index (χ3v) is 13.7. The van der Waals surface area contributed by atoms with Crippen molar-refractivity contribution >= 4 is 39.1 Å². The van der Waals surface area contributed by atoms with Crippen LogP contribution in [0.15, 0.2) is 52.9 Å². The van der Waals surface area contributed by atoms with Crippen LogP contribution < -0.4 is 19.7 Å². The Bertz CT molecular complexity index is 1800. The van der Waals surface area contributed by atoms with Gasteiger partial charge in [0.25, 0.3) is 5.91 Å². The maximum atomic E-state index is 14.4. The Kier molecular flexibility index (Phi) is 9.73. The summed E-state index contributed by atoms with van der Waals surface area (Å²) in [5.74, 6) is 0.607. The van der Waals surface area contributed by atoms with Gasteiger partial charge in [0, 0.05) is 42.2 Å². The molecule has 0 saturated heterocycles. The van der Waals surface area contributed by atoms with Crippen molar-refractivity contribution < 1.29 is 28.4 Å². The van der Waals surface area contributed by atoms with Crippen molar-refractivity contribution in [3.8, 4) is 5.75 Å². The van der Waals surface area contributed by atoms with Crippen molar-refractivity contribution in [2.45, 2.75) is 88.4 Å². The number of halogens is 1. The van der Waals surface area contributed by atoms with E-state index in [1.807, 2.05) is 25.1 Å². The number of rotatable bonds is 3. The number of anilines is 1. The van der Waals surface area contributed by atoms with Gasteiger partial charge in [-0.3, -0.25) is 9.52 Å². The lowest BCUT2D eigenvalue weighted by Gasteiger charge is -2.46. The third-order valence-electron chi connectivity index (χ3n) is 11.5. The van der Waals surface area contributed by atoms with Gasteiger partial charge in [-0.05, 0) is 118 Å². The van der Waals surface area contributed by atoms with E-state index in [9.17, 15) is 18.9 Å². The summed E-state index contributed by atoms with van der Waals surface area (Å²) >= 11 is 6.45. The Morgan fingerprint density at radius 2 is 2.02 bits per heavy atom. The van der Waals surface area contributed by atoms with Gasteiger partial charge < -0.3 is 24.8 Å². The Labute approximate surface area is 300 Å². The van der Waals surface area contributed by atoms with Crippen molar-refractivity contribution in [3.63, 3.8) is 0 Å². The van der Waals surface area contributed by atoms with Crippen LogP contribution in [0.4, 0.5) is 10.5 Å². The molecule has 6 atom stereocenters. The van der Waals surface area contributed by atoms with Crippen LogP contribution in [0.5, 0.6) is 5.75 Å². The molecule has 5 aliphatic rings. The highest BCUT2D eigenvalue weighted by Gasteiger charge is 2.45. The average Bonchev–Trinajstić information content (AvgIpc) is 3.17. The summed E-state index contributed by atoms with van der Waals surface area (Å²) in [6, 6.07) is 10.6. The standard InChI is InChI=1S/C38H49ClN4O6S/c1-24-6-4-8-33(48-3)30-12-9-27(30)20-43-22-38(15-5-7-25-16-28(39)11-13-31(25)38)23-49-34-14-10-26(17-32(34)43)35(44)41-50(47,21-24)42-36(45)40-29-18-37(2,46)19-29/h4,8,10-11,13-14,16-17,24,27,29-30,33,46H,5-7,9,12,15,18-23H2,1-3H3,(H2,40,41,42,44,45,47)/b8-4+/t24-,27-,29-,30+,33-,37+,38-,50?/m0/s1. The molecule has 12 heteroatoms. The zero-order valence-corrected chi connectivity index (χ0v) is 30.7. The number of ether oxygens (including phenoxy) is 2. The molecule has 2 aromatic rings. The van der Waals surface area contributed by atoms with E-state index < -0.39 is 27.5 Å². The van der Waals surface area contributed by atoms with Crippen LogP contribution in [0.2, 0.25) is 5.02 Å². The fourth-order valence-corrected chi connectivity index (χ4v) is 10.9. The second-order valence-electron chi connectivity index (χ2n) is 15.6. The lowest BCUT2D eigenvalue weighted by atomic mass is 9.68. The summed E-state index contributed by atoms with van der Waals surface area (Å²) in [7, 11) is -1.76. The number of carbonyl (C=O) groups is 2. The number of allylic oxidation sites excluding steroid dienone is 1. The zero-order valence-electron chi connectivity index (χ0n) is 29.2. The van der Waals surface area contributed by atoms with Crippen molar-refractivity contribution in [3.05, 3.63) is 70.3 Å². The normalized spacial score (nSPS) is 35.9. The quantitative estimate of drug-likeness (QED) is 0.322. The van der Waals surface area contributed by atoms with Gasteiger partial charge in [0.15, 0.2) is 0 Å². The summed E-state index contributed by atoms with van der Waals surface area (Å²) in [6.07, 6.45) is 10.6. The van der Waals surface area contributed by atoms with Crippen LogP contribution in [-0.4, -0.2) is 71.6 Å². The minimum atomic E-state index is -3.52. The minimum absolute atomic E-state index is 0.00525. The second kappa shape index (κ2) is 13.8. The molecule has 0 radical (unpaired) electrons. The zero-order chi connectivity index (χ0) is 35.3. The smallest absolute Gasteiger partial charge is 0.327 e. The largest absolute Gasteiger partial charge is 0.490 e. The van der Waals surface area contributed by atoms with Gasteiger partial charge in [0.2, 0.25) is 0 Å². The molecule has 2 aromatic carbocycles. The van der Waals surface area contributed by atoms with Crippen LogP contribution in [0.3, 0.4) is 0 Å². The molecule has 7 rings (SSSR count). The first-order valence-electron chi connectivity index (χ1n) is 17.9. The molecule has 3 amide bonds. The number of carbonyl (C=O) groups excluding carboxylic acids is 2. The summed E-state index contributed by atoms with van der Waals surface area (Å²) in [6.45, 7) is 5.64. The Morgan fingerprint density at radius 1 is 1.20 bits per heavy atom. The first-order valence-corrected chi connectivity index (χ1v) is 20.0. The van der Waals surface area contributed by atoms with E-state index in [4.69, 9.17) is 21.1 Å². The van der Waals surface area contributed by atoms with Crippen molar-refractivity contribution in [1.82, 2.24) is 10.0 Å². The van der Waals surface area contributed by atoms with E-state index in [1.165, 1.54) is 11.1 Å². The molecule has 0 aromatic heterocycles. The lowest BCUT2D eigenvalue weighted by molar-refractivity contribution is -0.0353. The molecular formula is C38H49ClN4O6S. The van der Waals surface area contributed by atoms with Gasteiger partial charge in [0.1, 0.15) is 15.7 Å². The van der Waals surface area contributed by atoms with Crippen LogP contribution in [0.1, 0.15) is 80.3 Å². The number of urea groups is 1. The minimum Gasteiger partial charge on any atom is -0.490 e. The lowest BCUT2D eigenvalue weighted by Crippen LogP contribution is -2.56. The molecule has 1 spiro atoms. The number of benzene rings is 2. The number of hydrogen-bond donors (Lipinski definition) is 3. The van der Waals surface area contributed by atoms with E-state index in [0.29, 0.717) is 50.0 Å². The fourth-order valence-electron chi connectivity index (χ4n) is 8.83. The summed E-state index contributed by atoms with van der Waals surface area (Å²) in [4.78, 5) is 29.3. The summed E-state index contributed by atoms with van der Waals surface area (Å²) in [5.41, 5.74) is 2.53. The van der Waals surface area contributed by atoms with E-state index in [2.05, 4.69) is 43.6 Å². The molecule has 50 heavy (non-hydrogen) atoms. The molecule has 10 nitrogen and oxygen atoms in total. The monoisotopic (exact) mass is 724 g/mol. The Morgan fingerprint density at radius 3 is 2.76 bits per heavy atom. The molecule has 3 N–H and O–H groups in total. The fraction of sp³-hybridized carbons (Fsp3) is 0.579. The predicted molar refractivity (Wildman–Crippen MR) is 195 cm³/mol. The number of methoxy groups -OCH3 is 1. The number of nitrogens with zero attached hydrogens (tertiary/aromatic N) is 2. The molecule has 2 saturated carbocycles. The van der Waals surface area contributed by atoms with E-state index in [1.54, 1.807) is 20.1 Å². The summed E-state index contributed by atoms with van der Waals surface area (Å²) in [5, 5.41) is 13.6. The Balaban J connectivity index is 1.26. The molecule has 2 aliphatic heterocycles. The topological polar surface area (TPSA) is 130 Å². The maximum Gasteiger partial charge on any atom is 0.327 e. The molecule has 2 heterocycles. The van der Waals surface area contributed by atoms with Gasteiger partial charge in [-0.15, -0.1) is 4.36 Å². The maximum absolute atomic E-state index is 14.4. The van der Waals surface area contributed by atoms with Gasteiger partial charge in [-0.2, -0.15) is 0 Å². The van der Waals surface area contributed by atoms with E-state index in [-0.39, 0.29) is 34.8 Å². The number of aliphatic hydroxyl groups is 1. The molecule has 2 bridgehead atoms. The van der Waals surface area contributed by atoms with Crippen molar-refractivity contribution in [2.24, 2.45) is 22.1 Å². The van der Waals surface area contributed by atoms with Crippen LogP contribution in [0, 0.1) is 17.8 Å². The number of nitrogens with one attached hydrogen (secondary N) is 2. The first kappa shape index (κ1) is 35.3. The molecule has 1 unspecified atom stereocenters. The van der Waals surface area contributed by atoms with Crippen LogP contribution >= 0.6 is 11.6 Å². The first-order chi connectivity index (χ1) is 23.8. The predicted octanol–water partition coefficient (Wildman–Crippen LogP) is 6.19. The van der Waals surface area contributed by atoms with Crippen molar-refractivity contribution in [1.29, 1.82) is 0 Å². The SMILES string of the molecule is CO[C@H]1/C=C/C[C@H](C)CS(=O)(NC(=O)N[C@H]2C[C@@](C)(O)C2)=NC(=O)c2ccc3c(c2)N(C[C@@H]2CC[C@H]21)C[C@@]1(CCCc2cc(Cl)ccc21)CO3. The molecule has 2 fully saturated rings. The number of hydrogen-bond acceptors (Lipinski definition) is 7. The van der Waals surface area contributed by atoms with Crippen LogP contribution in [-0.2, 0) is 26.5 Å². The Hall–Kier alpha value is -3.12. The highest BCUT2D eigenvalue weighted by molar-refractivity contribution is 7.92. The second-order valence-corrected chi connectivity index (χ2v) is 18.1. The molecule has 270 valence electrons. The third kappa shape index (κ3) is 7.29.